The molecular weight excluding hydrogens is 469 g/mol. The van der Waals surface area contributed by atoms with E-state index in [1.165, 1.54) is 12.1 Å². The fourth-order valence-electron chi connectivity index (χ4n) is 4.29. The van der Waals surface area contributed by atoms with Gasteiger partial charge in [0, 0.05) is 17.3 Å². The van der Waals surface area contributed by atoms with E-state index in [9.17, 15) is 22.8 Å². The average Bonchev–Trinajstić information content (AvgIpc) is 3.25. The molecule has 0 bridgehead atoms. The van der Waals surface area contributed by atoms with Crippen LogP contribution < -0.4 is 10.6 Å². The number of amides is 2. The van der Waals surface area contributed by atoms with E-state index in [2.05, 4.69) is 10.6 Å². The maximum absolute atomic E-state index is 13.1. The lowest BCUT2D eigenvalue weighted by atomic mass is 9.98. The quantitative estimate of drug-likeness (QED) is 0.361. The van der Waals surface area contributed by atoms with Crippen LogP contribution in [0.4, 0.5) is 23.7 Å². The molecule has 5 nitrogen and oxygen atoms in total. The summed E-state index contributed by atoms with van der Waals surface area (Å²) >= 11 is 0. The number of alkyl carbamates (subject to hydrolysis) is 1. The summed E-state index contributed by atoms with van der Waals surface area (Å²) in [5.74, 6) is -0.363. The fraction of sp³-hybridized carbons (Fsp3) is 0.286. The van der Waals surface area contributed by atoms with Gasteiger partial charge in [0.15, 0.2) is 0 Å². The lowest BCUT2D eigenvalue weighted by Crippen LogP contribution is -2.35. The summed E-state index contributed by atoms with van der Waals surface area (Å²) in [4.78, 5) is 25.1. The predicted molar refractivity (Wildman–Crippen MR) is 132 cm³/mol. The highest BCUT2D eigenvalue weighted by Crippen LogP contribution is 2.32. The highest BCUT2D eigenvalue weighted by atomic mass is 19.4. The van der Waals surface area contributed by atoms with Gasteiger partial charge in [-0.1, -0.05) is 49.7 Å². The molecule has 188 valence electrons. The molecule has 36 heavy (non-hydrogen) atoms. The molecule has 0 saturated carbocycles. The number of rotatable bonds is 7. The molecule has 1 aliphatic rings. The van der Waals surface area contributed by atoms with E-state index in [1.807, 2.05) is 19.1 Å². The Balaban J connectivity index is 1.44. The van der Waals surface area contributed by atoms with Crippen LogP contribution in [0.5, 0.6) is 0 Å². The van der Waals surface area contributed by atoms with Crippen LogP contribution in [0.1, 0.15) is 46.8 Å². The minimum atomic E-state index is -4.42. The third-order valence-corrected chi connectivity index (χ3v) is 6.14. The number of anilines is 1. The van der Waals surface area contributed by atoms with E-state index in [1.54, 1.807) is 30.3 Å². The second-order valence-corrected chi connectivity index (χ2v) is 8.80. The lowest BCUT2D eigenvalue weighted by molar-refractivity contribution is -0.137. The molecule has 1 unspecified atom stereocenters. The Hall–Kier alpha value is -3.81. The Labute approximate surface area is 207 Å². The minimum Gasteiger partial charge on any atom is -0.450 e. The summed E-state index contributed by atoms with van der Waals surface area (Å²) in [6.45, 7) is 2.42. The van der Waals surface area contributed by atoms with Crippen LogP contribution in [0.2, 0.25) is 0 Å². The Kier molecular flexibility index (Phi) is 7.62. The number of alkyl halides is 3. The third kappa shape index (κ3) is 6.05. The van der Waals surface area contributed by atoms with Crippen molar-refractivity contribution >= 4 is 17.7 Å². The zero-order valence-corrected chi connectivity index (χ0v) is 19.8. The third-order valence-electron chi connectivity index (χ3n) is 6.14. The maximum atomic E-state index is 13.1. The van der Waals surface area contributed by atoms with Gasteiger partial charge in [0.05, 0.1) is 12.2 Å². The van der Waals surface area contributed by atoms with Crippen LogP contribution in [-0.2, 0) is 23.8 Å². The Morgan fingerprint density at radius 1 is 0.972 bits per heavy atom. The van der Waals surface area contributed by atoms with Gasteiger partial charge in [-0.3, -0.25) is 4.79 Å². The second kappa shape index (κ2) is 10.8. The molecule has 3 aromatic rings. The number of fused-ring (bicyclic) bond motifs is 1. The van der Waals surface area contributed by atoms with Crippen molar-refractivity contribution in [3.8, 4) is 11.1 Å². The number of ether oxygens (including phenoxy) is 1. The number of hydrogen-bond donors (Lipinski definition) is 2. The van der Waals surface area contributed by atoms with Gasteiger partial charge >= 0.3 is 12.3 Å². The van der Waals surface area contributed by atoms with Crippen molar-refractivity contribution in [2.45, 2.75) is 44.8 Å². The topological polar surface area (TPSA) is 67.4 Å². The van der Waals surface area contributed by atoms with Gasteiger partial charge in [0.2, 0.25) is 0 Å². The molecule has 0 aromatic heterocycles. The predicted octanol–water partition coefficient (Wildman–Crippen LogP) is 6.62. The van der Waals surface area contributed by atoms with Crippen molar-refractivity contribution in [2.75, 3.05) is 11.9 Å². The smallest absolute Gasteiger partial charge is 0.416 e. The Bertz CT molecular complexity index is 1240. The summed E-state index contributed by atoms with van der Waals surface area (Å²) in [7, 11) is 0. The van der Waals surface area contributed by atoms with E-state index >= 15 is 0 Å². The van der Waals surface area contributed by atoms with Crippen LogP contribution in [0.3, 0.4) is 0 Å². The molecule has 8 heteroatoms. The van der Waals surface area contributed by atoms with Gasteiger partial charge in [0.1, 0.15) is 0 Å². The van der Waals surface area contributed by atoms with Gasteiger partial charge in [-0.2, -0.15) is 13.2 Å². The molecule has 2 N–H and O–H groups in total. The summed E-state index contributed by atoms with van der Waals surface area (Å²) in [5.41, 5.74) is 3.39. The number of hydrogen-bond acceptors (Lipinski definition) is 3. The molecule has 2 amide bonds. The first-order valence-corrected chi connectivity index (χ1v) is 11.9. The van der Waals surface area contributed by atoms with Gasteiger partial charge in [-0.25, -0.2) is 4.79 Å². The molecule has 4 rings (SSSR count). The minimum absolute atomic E-state index is 0.0690. The van der Waals surface area contributed by atoms with Crippen molar-refractivity contribution < 1.29 is 27.5 Å². The van der Waals surface area contributed by atoms with Crippen LogP contribution in [0.25, 0.3) is 11.1 Å². The van der Waals surface area contributed by atoms with Gasteiger partial charge in [-0.15, -0.1) is 0 Å². The number of carbonyl (C=O) groups is 2. The lowest BCUT2D eigenvalue weighted by Gasteiger charge is -2.13. The number of halogens is 3. The molecule has 0 fully saturated rings. The van der Waals surface area contributed by atoms with Gasteiger partial charge in [-0.05, 0) is 71.8 Å². The van der Waals surface area contributed by atoms with Crippen molar-refractivity contribution in [1.29, 1.82) is 0 Å². The highest BCUT2D eigenvalue weighted by Gasteiger charge is 2.30. The number of nitrogens with one attached hydrogen (secondary N) is 2. The number of unbranched alkanes of at least 4 members (excludes halogenated alkanes) is 1. The zero-order chi connectivity index (χ0) is 25.7. The fourth-order valence-corrected chi connectivity index (χ4v) is 4.29. The van der Waals surface area contributed by atoms with Crippen LogP contribution in [0, 0.1) is 0 Å². The Morgan fingerprint density at radius 3 is 2.42 bits per heavy atom. The van der Waals surface area contributed by atoms with Crippen LogP contribution in [-0.4, -0.2) is 24.6 Å². The molecule has 0 spiro atoms. The highest BCUT2D eigenvalue weighted by molar-refractivity contribution is 6.08. The molecule has 0 radical (unpaired) electrons. The van der Waals surface area contributed by atoms with Gasteiger partial charge in [0.25, 0.3) is 5.91 Å². The largest absolute Gasteiger partial charge is 0.450 e. The van der Waals surface area contributed by atoms with Gasteiger partial charge < -0.3 is 15.4 Å². The van der Waals surface area contributed by atoms with E-state index in [0.29, 0.717) is 41.8 Å². The molecule has 1 aliphatic carbocycles. The summed E-state index contributed by atoms with van der Waals surface area (Å²) < 4.78 is 44.0. The van der Waals surface area contributed by atoms with Crippen molar-refractivity contribution in [2.24, 2.45) is 0 Å². The summed E-state index contributed by atoms with van der Waals surface area (Å²) in [6, 6.07) is 17.1. The molecule has 1 atom stereocenters. The first-order chi connectivity index (χ1) is 17.2. The maximum Gasteiger partial charge on any atom is 0.416 e. The normalized spacial score (nSPS) is 14.7. The summed E-state index contributed by atoms with van der Waals surface area (Å²) in [5, 5.41) is 5.78. The second-order valence-electron chi connectivity index (χ2n) is 8.80. The molecule has 0 heterocycles. The number of benzene rings is 3. The van der Waals surface area contributed by atoms with E-state index in [0.717, 1.165) is 36.1 Å². The standard InChI is InChI=1S/C28H27F3N2O3/c1-2-3-14-36-27(35)33-23-15-19-10-13-22(16-20(19)17-23)32-26(34)25-7-5-4-6-24(25)18-8-11-21(12-9-18)28(29,30)31/h4-13,16,23H,2-3,14-15,17H2,1H3,(H,32,34)(H,33,35). The van der Waals surface area contributed by atoms with E-state index in [-0.39, 0.29) is 11.9 Å². The van der Waals surface area contributed by atoms with Crippen molar-refractivity contribution in [3.63, 3.8) is 0 Å². The van der Waals surface area contributed by atoms with E-state index < -0.39 is 17.8 Å². The summed E-state index contributed by atoms with van der Waals surface area (Å²) in [6.07, 6.45) is -1.76. The molecule has 0 saturated heterocycles. The van der Waals surface area contributed by atoms with E-state index in [4.69, 9.17) is 4.74 Å². The molecular formula is C28H27F3N2O3. The first kappa shape index (κ1) is 25.3. The average molecular weight is 497 g/mol. The molecule has 3 aromatic carbocycles. The zero-order valence-electron chi connectivity index (χ0n) is 19.8. The monoisotopic (exact) mass is 496 g/mol. The Morgan fingerprint density at radius 2 is 1.69 bits per heavy atom. The molecule has 0 aliphatic heterocycles. The first-order valence-electron chi connectivity index (χ1n) is 11.9. The van der Waals surface area contributed by atoms with Crippen molar-refractivity contribution in [3.05, 3.63) is 89.0 Å². The number of carbonyl (C=O) groups excluding carboxylic acids is 2. The van der Waals surface area contributed by atoms with Crippen molar-refractivity contribution in [1.82, 2.24) is 5.32 Å². The van der Waals surface area contributed by atoms with Crippen LogP contribution in [0.15, 0.2) is 66.7 Å². The SMILES string of the molecule is CCCCOC(=O)NC1Cc2ccc(NC(=O)c3ccccc3-c3ccc(C(F)(F)F)cc3)cc2C1. The van der Waals surface area contributed by atoms with Crippen LogP contribution >= 0.6 is 0 Å².